The summed E-state index contributed by atoms with van der Waals surface area (Å²) in [4.78, 5) is 22.5. The Labute approximate surface area is 108 Å². The highest BCUT2D eigenvalue weighted by atomic mass is 79.9. The van der Waals surface area contributed by atoms with Crippen LogP contribution in [0.5, 0.6) is 0 Å². The number of carbonyl (C=O) groups is 2. The lowest BCUT2D eigenvalue weighted by molar-refractivity contribution is -0.139. The molecule has 16 heavy (non-hydrogen) atoms. The number of hydrogen-bond donors (Lipinski definition) is 1. The van der Waals surface area contributed by atoms with Gasteiger partial charge in [-0.15, -0.1) is 11.8 Å². The number of ether oxygens (including phenoxy) is 1. The fourth-order valence-electron chi connectivity index (χ4n) is 1.54. The summed E-state index contributed by atoms with van der Waals surface area (Å²) in [6, 6.07) is 0. The quantitative estimate of drug-likeness (QED) is 0.629. The molecule has 2 unspecified atom stereocenters. The third kappa shape index (κ3) is 3.38. The Hall–Kier alpha value is -0.230. The number of carbonyl (C=O) groups excluding carboxylic acids is 2. The minimum atomic E-state index is -0.476. The average Bonchev–Trinajstić information content (AvgIpc) is 2.72. The van der Waals surface area contributed by atoms with Gasteiger partial charge in [-0.05, 0) is 25.5 Å². The molecule has 1 fully saturated rings. The number of hydrogen-bond acceptors (Lipinski definition) is 4. The van der Waals surface area contributed by atoms with Crippen molar-refractivity contribution in [3.63, 3.8) is 0 Å². The number of esters is 1. The number of alkyl halides is 1. The third-order valence-electron chi connectivity index (χ3n) is 2.60. The van der Waals surface area contributed by atoms with Crippen molar-refractivity contribution in [3.8, 4) is 0 Å². The molecule has 1 rings (SSSR count). The third-order valence-corrected chi connectivity index (χ3v) is 4.81. The van der Waals surface area contributed by atoms with Gasteiger partial charge in [-0.1, -0.05) is 15.9 Å². The van der Waals surface area contributed by atoms with E-state index in [4.69, 9.17) is 0 Å². The Kier molecular flexibility index (Phi) is 5.11. The second-order valence-corrected chi connectivity index (χ2v) is 6.59. The van der Waals surface area contributed by atoms with Gasteiger partial charge in [-0.25, -0.2) is 0 Å². The maximum absolute atomic E-state index is 11.9. The van der Waals surface area contributed by atoms with E-state index in [-0.39, 0.29) is 23.2 Å². The monoisotopic (exact) mass is 309 g/mol. The first-order valence-electron chi connectivity index (χ1n) is 5.14. The Bertz CT molecular complexity index is 279. The van der Waals surface area contributed by atoms with Gasteiger partial charge in [0, 0.05) is 6.54 Å². The molecule has 0 aliphatic carbocycles. The maximum atomic E-state index is 11.9. The largest absolute Gasteiger partial charge is 0.468 e. The molecule has 0 saturated carbocycles. The summed E-state index contributed by atoms with van der Waals surface area (Å²) in [5.74, 6) is 0.659. The summed E-state index contributed by atoms with van der Waals surface area (Å²) in [7, 11) is 1.33. The molecule has 4 nitrogen and oxygen atoms in total. The lowest BCUT2D eigenvalue weighted by Gasteiger charge is -2.22. The van der Waals surface area contributed by atoms with Crippen LogP contribution in [0.4, 0.5) is 0 Å². The van der Waals surface area contributed by atoms with Crippen molar-refractivity contribution in [2.45, 2.75) is 29.3 Å². The minimum Gasteiger partial charge on any atom is -0.468 e. The molecule has 1 aliphatic heterocycles. The molecule has 1 aliphatic rings. The molecule has 0 spiro atoms. The Balaban J connectivity index is 2.37. The van der Waals surface area contributed by atoms with Crippen molar-refractivity contribution in [2.75, 3.05) is 19.4 Å². The van der Waals surface area contributed by atoms with Gasteiger partial charge < -0.3 is 10.1 Å². The first-order chi connectivity index (χ1) is 7.49. The second kappa shape index (κ2) is 5.91. The Morgan fingerprint density at radius 2 is 2.31 bits per heavy atom. The van der Waals surface area contributed by atoms with Crippen LogP contribution in [0.25, 0.3) is 0 Å². The first kappa shape index (κ1) is 13.8. The van der Waals surface area contributed by atoms with E-state index in [1.807, 2.05) is 6.92 Å². The number of nitrogens with one attached hydrogen (secondary N) is 1. The topological polar surface area (TPSA) is 55.4 Å². The van der Waals surface area contributed by atoms with Crippen molar-refractivity contribution in [2.24, 2.45) is 0 Å². The molecule has 92 valence electrons. The highest BCUT2D eigenvalue weighted by Gasteiger charge is 2.37. The summed E-state index contributed by atoms with van der Waals surface area (Å²) in [5, 5.41) is 2.77. The SMILES string of the molecule is COC(=O)C(Br)CNC(=O)C1(C)CCCS1. The van der Waals surface area contributed by atoms with Crippen LogP contribution in [0.2, 0.25) is 0 Å². The number of amides is 1. The van der Waals surface area contributed by atoms with Gasteiger partial charge in [-0.3, -0.25) is 9.59 Å². The van der Waals surface area contributed by atoms with Crippen LogP contribution in [-0.4, -0.2) is 40.9 Å². The predicted octanol–water partition coefficient (Wildman–Crippen LogP) is 1.32. The molecule has 0 aromatic carbocycles. The molecule has 2 atom stereocenters. The highest BCUT2D eigenvalue weighted by Crippen LogP contribution is 2.37. The lowest BCUT2D eigenvalue weighted by atomic mass is 10.1. The Morgan fingerprint density at radius 1 is 1.62 bits per heavy atom. The van der Waals surface area contributed by atoms with Gasteiger partial charge in [0.15, 0.2) is 0 Å². The summed E-state index contributed by atoms with van der Waals surface area (Å²) in [6.45, 7) is 2.21. The first-order valence-corrected chi connectivity index (χ1v) is 7.04. The van der Waals surface area contributed by atoms with Gasteiger partial charge in [0.05, 0.1) is 11.9 Å². The molecule has 6 heteroatoms. The standard InChI is InChI=1S/C10H16BrNO3S/c1-10(4-3-5-16-10)9(14)12-6-7(11)8(13)15-2/h7H,3-6H2,1-2H3,(H,12,14). The van der Waals surface area contributed by atoms with Gasteiger partial charge in [0.1, 0.15) is 4.83 Å². The van der Waals surface area contributed by atoms with Crippen LogP contribution in [0, 0.1) is 0 Å². The lowest BCUT2D eigenvalue weighted by Crippen LogP contribution is -2.43. The molecule has 1 amide bonds. The van der Waals surface area contributed by atoms with E-state index >= 15 is 0 Å². The molecular formula is C10H16BrNO3S. The molecule has 0 aromatic rings. The summed E-state index contributed by atoms with van der Waals surface area (Å²) < 4.78 is 4.22. The molecule has 1 saturated heterocycles. The normalized spacial score (nSPS) is 26.2. The number of thioether (sulfide) groups is 1. The van der Waals surface area contributed by atoms with Crippen molar-refractivity contribution in [3.05, 3.63) is 0 Å². The van der Waals surface area contributed by atoms with E-state index in [0.717, 1.165) is 18.6 Å². The van der Waals surface area contributed by atoms with Crippen LogP contribution < -0.4 is 5.32 Å². The number of halogens is 1. The summed E-state index contributed by atoms with van der Waals surface area (Å²) in [5.41, 5.74) is 0. The maximum Gasteiger partial charge on any atom is 0.321 e. The Morgan fingerprint density at radius 3 is 2.81 bits per heavy atom. The zero-order valence-corrected chi connectivity index (χ0v) is 11.8. The van der Waals surface area contributed by atoms with Gasteiger partial charge in [0.2, 0.25) is 5.91 Å². The summed E-state index contributed by atoms with van der Waals surface area (Å²) in [6.07, 6.45) is 1.97. The van der Waals surface area contributed by atoms with E-state index in [1.165, 1.54) is 7.11 Å². The fourth-order valence-corrected chi connectivity index (χ4v) is 3.12. The van der Waals surface area contributed by atoms with Crippen LogP contribution in [0.1, 0.15) is 19.8 Å². The van der Waals surface area contributed by atoms with Gasteiger partial charge >= 0.3 is 5.97 Å². The van der Waals surface area contributed by atoms with E-state index in [9.17, 15) is 9.59 Å². The van der Waals surface area contributed by atoms with E-state index in [1.54, 1.807) is 11.8 Å². The van der Waals surface area contributed by atoms with E-state index in [0.29, 0.717) is 0 Å². The van der Waals surface area contributed by atoms with E-state index < -0.39 is 4.83 Å². The minimum absolute atomic E-state index is 0.00310. The zero-order valence-electron chi connectivity index (χ0n) is 9.42. The molecule has 1 N–H and O–H groups in total. The average molecular weight is 310 g/mol. The van der Waals surface area contributed by atoms with Crippen molar-refractivity contribution in [1.82, 2.24) is 5.32 Å². The van der Waals surface area contributed by atoms with Crippen molar-refractivity contribution < 1.29 is 14.3 Å². The van der Waals surface area contributed by atoms with E-state index in [2.05, 4.69) is 26.0 Å². The molecule has 0 radical (unpaired) electrons. The molecule has 0 bridgehead atoms. The van der Waals surface area contributed by atoms with Crippen molar-refractivity contribution >= 4 is 39.6 Å². The number of methoxy groups -OCH3 is 1. The molecular weight excluding hydrogens is 294 g/mol. The van der Waals surface area contributed by atoms with Gasteiger partial charge in [-0.2, -0.15) is 0 Å². The van der Waals surface area contributed by atoms with Crippen molar-refractivity contribution in [1.29, 1.82) is 0 Å². The van der Waals surface area contributed by atoms with Crippen LogP contribution >= 0.6 is 27.7 Å². The summed E-state index contributed by atoms with van der Waals surface area (Å²) >= 11 is 4.84. The predicted molar refractivity (Wildman–Crippen MR) is 67.8 cm³/mol. The van der Waals surface area contributed by atoms with Gasteiger partial charge in [0.25, 0.3) is 0 Å². The van der Waals surface area contributed by atoms with Crippen LogP contribution in [0.15, 0.2) is 0 Å². The van der Waals surface area contributed by atoms with Crippen LogP contribution in [-0.2, 0) is 14.3 Å². The smallest absolute Gasteiger partial charge is 0.321 e. The highest BCUT2D eigenvalue weighted by molar-refractivity contribution is 9.10. The molecule has 0 aromatic heterocycles. The zero-order chi connectivity index (χ0) is 12.2. The number of rotatable bonds is 4. The fraction of sp³-hybridized carbons (Fsp3) is 0.800. The second-order valence-electron chi connectivity index (χ2n) is 3.88. The molecule has 1 heterocycles. The van der Waals surface area contributed by atoms with Crippen LogP contribution in [0.3, 0.4) is 0 Å².